The number of amides is 1. The average molecular weight is 607 g/mol. The summed E-state index contributed by atoms with van der Waals surface area (Å²) in [7, 11) is 2.31. The maximum Gasteiger partial charge on any atom is 0.335 e. The lowest BCUT2D eigenvalue weighted by molar-refractivity contribution is 0.0642. The SMILES string of the molecule is Cc1nc2ccccc2n1[C@@H]1CCCCC[C@@H](N(C)CCC2(c3ccccc3)CCN(C(=O)c3cccc(C(=O)O)c3)CC2)C1. The van der Waals surface area contributed by atoms with Crippen LogP contribution < -0.4 is 0 Å². The normalized spacial score (nSPS) is 20.6. The summed E-state index contributed by atoms with van der Waals surface area (Å²) in [5.74, 6) is 0.0154. The molecule has 2 aliphatic rings. The third-order valence-electron chi connectivity index (χ3n) is 10.6. The minimum absolute atomic E-state index is 0.00658. The third-order valence-corrected chi connectivity index (χ3v) is 10.6. The molecule has 0 radical (unpaired) electrons. The van der Waals surface area contributed by atoms with Crippen LogP contribution in [0, 0.1) is 6.92 Å². The molecule has 0 bridgehead atoms. The minimum Gasteiger partial charge on any atom is -0.478 e. The number of aromatic carboxylic acids is 1. The molecule has 1 saturated carbocycles. The van der Waals surface area contributed by atoms with Crippen molar-refractivity contribution in [3.05, 3.63) is 101 Å². The Labute approximate surface area is 266 Å². The van der Waals surface area contributed by atoms with E-state index >= 15 is 0 Å². The van der Waals surface area contributed by atoms with Crippen LogP contribution in [0.15, 0.2) is 78.9 Å². The fraction of sp³-hybridized carbons (Fsp3) is 0.447. The molecule has 6 rings (SSSR count). The molecule has 2 fully saturated rings. The minimum atomic E-state index is -1.01. The first kappa shape index (κ1) is 31.0. The van der Waals surface area contributed by atoms with Gasteiger partial charge in [-0.25, -0.2) is 9.78 Å². The number of imidazole rings is 1. The highest BCUT2D eigenvalue weighted by molar-refractivity contribution is 5.97. The summed E-state index contributed by atoms with van der Waals surface area (Å²) in [6.45, 7) is 4.48. The van der Waals surface area contributed by atoms with E-state index in [-0.39, 0.29) is 16.9 Å². The van der Waals surface area contributed by atoms with Gasteiger partial charge < -0.3 is 19.5 Å². The smallest absolute Gasteiger partial charge is 0.335 e. The third kappa shape index (κ3) is 6.69. The molecule has 1 N–H and O–H groups in total. The molecule has 1 saturated heterocycles. The molecular weight excluding hydrogens is 560 g/mol. The van der Waals surface area contributed by atoms with Crippen molar-refractivity contribution in [1.82, 2.24) is 19.4 Å². The van der Waals surface area contributed by atoms with Crippen molar-refractivity contribution in [2.24, 2.45) is 0 Å². The monoisotopic (exact) mass is 606 g/mol. The van der Waals surface area contributed by atoms with Gasteiger partial charge in [-0.2, -0.15) is 0 Å². The maximum atomic E-state index is 13.4. The van der Waals surface area contributed by atoms with Crippen molar-refractivity contribution in [2.45, 2.75) is 82.2 Å². The van der Waals surface area contributed by atoms with Gasteiger partial charge in [-0.15, -0.1) is 0 Å². The predicted molar refractivity (Wildman–Crippen MR) is 179 cm³/mol. The van der Waals surface area contributed by atoms with Gasteiger partial charge in [0.2, 0.25) is 0 Å². The number of para-hydroxylation sites is 2. The van der Waals surface area contributed by atoms with E-state index in [4.69, 9.17) is 4.98 Å². The summed E-state index contributed by atoms with van der Waals surface area (Å²) in [5.41, 5.74) is 4.28. The lowest BCUT2D eigenvalue weighted by Gasteiger charge is -2.44. The first-order valence-corrected chi connectivity index (χ1v) is 16.7. The van der Waals surface area contributed by atoms with Crippen LogP contribution in [0.1, 0.15) is 95.9 Å². The molecule has 1 amide bonds. The number of nitrogens with zero attached hydrogens (tertiary/aromatic N) is 4. The summed E-state index contributed by atoms with van der Waals surface area (Å²) in [6, 6.07) is 26.8. The number of carbonyl (C=O) groups is 2. The van der Waals surface area contributed by atoms with Gasteiger partial charge >= 0.3 is 5.97 Å². The second kappa shape index (κ2) is 13.6. The van der Waals surface area contributed by atoms with Crippen LogP contribution in [0.4, 0.5) is 0 Å². The second-order valence-electron chi connectivity index (χ2n) is 13.3. The van der Waals surface area contributed by atoms with E-state index in [1.807, 2.05) is 4.90 Å². The Hall–Kier alpha value is -3.97. The van der Waals surface area contributed by atoms with Crippen molar-refractivity contribution in [1.29, 1.82) is 0 Å². The van der Waals surface area contributed by atoms with Gasteiger partial charge in [-0.3, -0.25) is 4.79 Å². The second-order valence-corrected chi connectivity index (χ2v) is 13.3. The lowest BCUT2D eigenvalue weighted by Crippen LogP contribution is -2.47. The zero-order chi connectivity index (χ0) is 31.4. The van der Waals surface area contributed by atoms with Gasteiger partial charge in [-0.05, 0) is 100 Å². The van der Waals surface area contributed by atoms with Crippen LogP contribution >= 0.6 is 0 Å². The van der Waals surface area contributed by atoms with E-state index < -0.39 is 5.97 Å². The number of likely N-dealkylation sites (tertiary alicyclic amines) is 1. The number of carbonyl (C=O) groups excluding carboxylic acids is 1. The van der Waals surface area contributed by atoms with Crippen LogP contribution in [-0.4, -0.2) is 69.1 Å². The van der Waals surface area contributed by atoms with Crippen molar-refractivity contribution < 1.29 is 14.7 Å². The quantitative estimate of drug-likeness (QED) is 0.225. The van der Waals surface area contributed by atoms with Gasteiger partial charge in [-0.1, -0.05) is 67.8 Å². The zero-order valence-corrected chi connectivity index (χ0v) is 26.7. The molecule has 7 heteroatoms. The summed E-state index contributed by atoms with van der Waals surface area (Å²) in [6.07, 6.45) is 10.2. The van der Waals surface area contributed by atoms with Crippen molar-refractivity contribution in [3.8, 4) is 0 Å². The number of aryl methyl sites for hydroxylation is 1. The number of piperidine rings is 1. The maximum absolute atomic E-state index is 13.4. The van der Waals surface area contributed by atoms with E-state index in [0.29, 0.717) is 30.7 Å². The van der Waals surface area contributed by atoms with Crippen LogP contribution in [0.5, 0.6) is 0 Å². The summed E-state index contributed by atoms with van der Waals surface area (Å²) >= 11 is 0. The number of aromatic nitrogens is 2. The Morgan fingerprint density at radius 2 is 1.62 bits per heavy atom. The summed E-state index contributed by atoms with van der Waals surface area (Å²) < 4.78 is 2.51. The number of carboxylic acids is 1. The van der Waals surface area contributed by atoms with E-state index in [9.17, 15) is 14.7 Å². The predicted octanol–water partition coefficient (Wildman–Crippen LogP) is 7.50. The first-order chi connectivity index (χ1) is 21.8. The highest BCUT2D eigenvalue weighted by atomic mass is 16.4. The van der Waals surface area contributed by atoms with Crippen LogP contribution in [0.25, 0.3) is 11.0 Å². The van der Waals surface area contributed by atoms with E-state index in [2.05, 4.69) is 78.0 Å². The molecule has 2 heterocycles. The van der Waals surface area contributed by atoms with Crippen molar-refractivity contribution in [2.75, 3.05) is 26.7 Å². The molecule has 0 spiro atoms. The summed E-state index contributed by atoms with van der Waals surface area (Å²) in [5, 5.41) is 9.41. The van der Waals surface area contributed by atoms with Gasteiger partial charge in [0.15, 0.2) is 0 Å². The topological polar surface area (TPSA) is 78.7 Å². The average Bonchev–Trinajstić information content (AvgIpc) is 3.39. The molecule has 3 aromatic carbocycles. The first-order valence-electron chi connectivity index (χ1n) is 16.7. The molecule has 236 valence electrons. The highest BCUT2D eigenvalue weighted by Crippen LogP contribution is 2.40. The number of carboxylic acid groups (broad SMARTS) is 1. The fourth-order valence-electron chi connectivity index (χ4n) is 7.90. The Kier molecular flexibility index (Phi) is 9.36. The van der Waals surface area contributed by atoms with E-state index in [0.717, 1.165) is 43.6 Å². The van der Waals surface area contributed by atoms with E-state index in [1.54, 1.807) is 12.1 Å². The van der Waals surface area contributed by atoms with Crippen molar-refractivity contribution in [3.63, 3.8) is 0 Å². The van der Waals surface area contributed by atoms with Gasteiger partial charge in [0.1, 0.15) is 5.82 Å². The Bertz CT molecular complexity index is 1620. The van der Waals surface area contributed by atoms with Crippen LogP contribution in [0.2, 0.25) is 0 Å². The number of hydrogen-bond donors (Lipinski definition) is 1. The molecule has 4 aromatic rings. The van der Waals surface area contributed by atoms with Crippen LogP contribution in [-0.2, 0) is 5.41 Å². The molecule has 1 aliphatic carbocycles. The number of fused-ring (bicyclic) bond motifs is 1. The lowest BCUT2D eigenvalue weighted by atomic mass is 9.70. The molecule has 0 unspecified atom stereocenters. The molecule has 1 aliphatic heterocycles. The molecule has 2 atom stereocenters. The Morgan fingerprint density at radius 1 is 0.911 bits per heavy atom. The fourth-order valence-corrected chi connectivity index (χ4v) is 7.90. The van der Waals surface area contributed by atoms with Crippen LogP contribution in [0.3, 0.4) is 0 Å². The number of benzene rings is 3. The molecule has 7 nitrogen and oxygen atoms in total. The molecule has 1 aromatic heterocycles. The van der Waals surface area contributed by atoms with Gasteiger partial charge in [0, 0.05) is 30.7 Å². The van der Waals surface area contributed by atoms with Gasteiger partial charge in [0.25, 0.3) is 5.91 Å². The highest BCUT2D eigenvalue weighted by Gasteiger charge is 2.38. The molecular formula is C38H46N4O3. The van der Waals surface area contributed by atoms with Gasteiger partial charge in [0.05, 0.1) is 16.6 Å². The number of hydrogen-bond acceptors (Lipinski definition) is 4. The van der Waals surface area contributed by atoms with Crippen molar-refractivity contribution >= 4 is 22.9 Å². The number of rotatable bonds is 8. The summed E-state index contributed by atoms with van der Waals surface area (Å²) in [4.78, 5) is 34.3. The molecule has 45 heavy (non-hydrogen) atoms. The zero-order valence-electron chi connectivity index (χ0n) is 26.7. The Morgan fingerprint density at radius 3 is 2.40 bits per heavy atom. The Balaban J connectivity index is 1.16. The standard InChI is InChI=1S/C38H46N4O3/c1-28-39-34-18-9-10-19-35(34)42(28)33-17-8-4-7-16-32(27-33)40(2)23-20-38(31-14-5-3-6-15-31)21-24-41(25-22-38)36(43)29-12-11-13-30(26-29)37(44)45/h3,5-6,9-15,18-19,26,32-33H,4,7-8,16-17,20-25,27H2,1-2H3,(H,44,45)/t32-,33-/m1/s1. The van der Waals surface area contributed by atoms with E-state index in [1.165, 1.54) is 55.3 Å². The largest absolute Gasteiger partial charge is 0.478 e.